The molecule has 0 saturated carbocycles. The van der Waals surface area contributed by atoms with E-state index in [2.05, 4.69) is 18.6 Å². The van der Waals surface area contributed by atoms with Crippen LogP contribution in [0.15, 0.2) is 0 Å². The van der Waals surface area contributed by atoms with Crippen LogP contribution in [0.4, 0.5) is 4.79 Å². The Hall–Kier alpha value is 0.140. The number of rotatable bonds is 7. The van der Waals surface area contributed by atoms with Gasteiger partial charge in [0.15, 0.2) is 0 Å². The Morgan fingerprint density at radius 2 is 1.88 bits per heavy atom. The zero-order chi connectivity index (χ0) is 13.3. The maximum absolute atomic E-state index is 11.2. The molecule has 102 valence electrons. The maximum atomic E-state index is 11.2. The van der Waals surface area contributed by atoms with Crippen molar-refractivity contribution in [3.05, 3.63) is 0 Å². The van der Waals surface area contributed by atoms with E-state index in [4.69, 9.17) is 39.5 Å². The molecule has 0 fully saturated rings. The molecule has 6 heteroatoms. The molecule has 0 aromatic rings. The fourth-order valence-corrected chi connectivity index (χ4v) is 1.43. The Morgan fingerprint density at radius 3 is 2.35 bits per heavy atom. The number of alkyl halides is 3. The molecule has 0 bridgehead atoms. The van der Waals surface area contributed by atoms with E-state index in [0.717, 1.165) is 25.7 Å². The number of hydrogen-bond donors (Lipinski definition) is 0. The minimum Gasteiger partial charge on any atom is -0.434 e. The van der Waals surface area contributed by atoms with Crippen LogP contribution in [0.25, 0.3) is 0 Å². The number of carbonyl (C=O) groups excluding carboxylic acids is 1. The minimum absolute atomic E-state index is 0.303. The molecule has 1 atom stereocenters. The molecule has 0 aliphatic carbocycles. The van der Waals surface area contributed by atoms with Gasteiger partial charge in [-0.05, 0) is 12.3 Å². The quantitative estimate of drug-likeness (QED) is 0.504. The fraction of sp³-hybridized carbons (Fsp3) is 0.909. The van der Waals surface area contributed by atoms with Gasteiger partial charge >= 0.3 is 6.16 Å². The van der Waals surface area contributed by atoms with Gasteiger partial charge in [-0.15, -0.1) is 0 Å². The molecule has 0 amide bonds. The molecule has 3 nitrogen and oxygen atoms in total. The molecule has 0 aliphatic rings. The van der Waals surface area contributed by atoms with E-state index in [1.165, 1.54) is 0 Å². The van der Waals surface area contributed by atoms with Crippen LogP contribution in [0, 0.1) is 5.92 Å². The molecular formula is C11H19Cl3O3. The van der Waals surface area contributed by atoms with Gasteiger partial charge in [0.05, 0.1) is 6.61 Å². The van der Waals surface area contributed by atoms with Crippen LogP contribution < -0.4 is 0 Å². The third kappa shape index (κ3) is 11.0. The second-order valence-corrected chi connectivity index (χ2v) is 6.40. The van der Waals surface area contributed by atoms with E-state index in [0.29, 0.717) is 12.5 Å². The van der Waals surface area contributed by atoms with Crippen molar-refractivity contribution in [2.75, 3.05) is 13.2 Å². The predicted molar refractivity (Wildman–Crippen MR) is 70.9 cm³/mol. The van der Waals surface area contributed by atoms with Gasteiger partial charge in [0.2, 0.25) is 3.79 Å². The van der Waals surface area contributed by atoms with Gasteiger partial charge in [-0.1, -0.05) is 67.9 Å². The van der Waals surface area contributed by atoms with Gasteiger partial charge < -0.3 is 9.47 Å². The molecule has 0 aliphatic heterocycles. The van der Waals surface area contributed by atoms with Crippen molar-refractivity contribution in [3.63, 3.8) is 0 Å². The first-order valence-electron chi connectivity index (χ1n) is 5.75. The van der Waals surface area contributed by atoms with Crippen molar-refractivity contribution in [2.45, 2.75) is 43.3 Å². The molecule has 0 radical (unpaired) electrons. The Labute approximate surface area is 118 Å². The average molecular weight is 306 g/mol. The number of hydrogen-bond acceptors (Lipinski definition) is 3. The van der Waals surface area contributed by atoms with Crippen LogP contribution >= 0.6 is 34.8 Å². The third-order valence-electron chi connectivity index (χ3n) is 2.33. The van der Waals surface area contributed by atoms with E-state index in [1.54, 1.807) is 0 Å². The first kappa shape index (κ1) is 17.1. The number of carbonyl (C=O) groups is 1. The zero-order valence-electron chi connectivity index (χ0n) is 10.2. The molecule has 0 heterocycles. The fourth-order valence-electron chi connectivity index (χ4n) is 1.27. The van der Waals surface area contributed by atoms with Crippen LogP contribution in [-0.4, -0.2) is 23.2 Å². The van der Waals surface area contributed by atoms with Crippen LogP contribution in [0.3, 0.4) is 0 Å². The molecule has 0 N–H and O–H groups in total. The second-order valence-electron chi connectivity index (χ2n) is 3.88. The predicted octanol–water partition coefficient (Wildman–Crippen LogP) is 4.73. The highest BCUT2D eigenvalue weighted by atomic mass is 35.6. The van der Waals surface area contributed by atoms with E-state index in [-0.39, 0.29) is 6.61 Å². The van der Waals surface area contributed by atoms with Crippen molar-refractivity contribution in [1.82, 2.24) is 0 Å². The summed E-state index contributed by atoms with van der Waals surface area (Å²) >= 11 is 16.3. The van der Waals surface area contributed by atoms with Gasteiger partial charge in [0, 0.05) is 0 Å². The summed E-state index contributed by atoms with van der Waals surface area (Å²) in [4.78, 5) is 11.2. The van der Waals surface area contributed by atoms with E-state index in [1.807, 2.05) is 0 Å². The summed E-state index contributed by atoms with van der Waals surface area (Å²) in [7, 11) is 0. The van der Waals surface area contributed by atoms with Crippen molar-refractivity contribution in [1.29, 1.82) is 0 Å². The first-order chi connectivity index (χ1) is 7.89. The van der Waals surface area contributed by atoms with Gasteiger partial charge in [-0.2, -0.15) is 0 Å². The van der Waals surface area contributed by atoms with E-state index < -0.39 is 9.95 Å². The number of unbranched alkanes of at least 4 members (excludes halogenated alkanes) is 1. The maximum Gasteiger partial charge on any atom is 0.508 e. The highest BCUT2D eigenvalue weighted by Gasteiger charge is 2.23. The average Bonchev–Trinajstić information content (AvgIpc) is 2.25. The first-order valence-corrected chi connectivity index (χ1v) is 6.88. The molecule has 0 saturated heterocycles. The SMILES string of the molecule is CCCCC(CC)COC(=O)OCC(Cl)(Cl)Cl. The Bertz CT molecular complexity index is 216. The summed E-state index contributed by atoms with van der Waals surface area (Å²) < 4.78 is 8.01. The van der Waals surface area contributed by atoms with Crippen molar-refractivity contribution in [3.8, 4) is 0 Å². The summed E-state index contributed by atoms with van der Waals surface area (Å²) in [6.07, 6.45) is 3.49. The third-order valence-corrected chi connectivity index (χ3v) is 2.66. The summed E-state index contributed by atoms with van der Waals surface area (Å²) in [5.74, 6) is 0.371. The molecule has 0 aromatic heterocycles. The van der Waals surface area contributed by atoms with Gasteiger partial charge in [-0.3, -0.25) is 0 Å². The van der Waals surface area contributed by atoms with Crippen LogP contribution in [0.5, 0.6) is 0 Å². The normalized spacial score (nSPS) is 13.2. The van der Waals surface area contributed by atoms with Crippen LogP contribution in [0.1, 0.15) is 39.5 Å². The van der Waals surface area contributed by atoms with E-state index in [9.17, 15) is 4.79 Å². The van der Waals surface area contributed by atoms with Crippen LogP contribution in [0.2, 0.25) is 0 Å². The summed E-state index contributed by atoms with van der Waals surface area (Å²) in [6.45, 7) is 4.25. The minimum atomic E-state index is -1.59. The second kappa shape index (κ2) is 9.12. The van der Waals surface area contributed by atoms with Crippen molar-refractivity contribution < 1.29 is 14.3 Å². The smallest absolute Gasteiger partial charge is 0.434 e. The topological polar surface area (TPSA) is 35.5 Å². The highest BCUT2D eigenvalue weighted by molar-refractivity contribution is 6.67. The molecular weight excluding hydrogens is 286 g/mol. The Kier molecular flexibility index (Phi) is 9.20. The lowest BCUT2D eigenvalue weighted by Gasteiger charge is -2.15. The Balaban J connectivity index is 3.73. The largest absolute Gasteiger partial charge is 0.508 e. The van der Waals surface area contributed by atoms with Crippen LogP contribution in [-0.2, 0) is 9.47 Å². The number of halogens is 3. The van der Waals surface area contributed by atoms with Crippen molar-refractivity contribution in [2.24, 2.45) is 5.92 Å². The van der Waals surface area contributed by atoms with E-state index >= 15 is 0 Å². The lowest BCUT2D eigenvalue weighted by molar-refractivity contribution is 0.0437. The zero-order valence-corrected chi connectivity index (χ0v) is 12.4. The molecule has 0 rings (SSSR count). The molecule has 17 heavy (non-hydrogen) atoms. The lowest BCUT2D eigenvalue weighted by Crippen LogP contribution is -2.20. The standard InChI is InChI=1S/C11H19Cl3O3/c1-3-5-6-9(4-2)7-16-10(15)17-8-11(12,13)14/h9H,3-8H2,1-2H3. The molecule has 1 unspecified atom stereocenters. The van der Waals surface area contributed by atoms with Gasteiger partial charge in [-0.25, -0.2) is 4.79 Å². The Morgan fingerprint density at radius 1 is 1.24 bits per heavy atom. The highest BCUT2D eigenvalue weighted by Crippen LogP contribution is 2.26. The molecule has 0 spiro atoms. The van der Waals surface area contributed by atoms with Gasteiger partial charge in [0.1, 0.15) is 6.61 Å². The van der Waals surface area contributed by atoms with Gasteiger partial charge in [0.25, 0.3) is 0 Å². The summed E-state index contributed by atoms with van der Waals surface area (Å²) in [6, 6.07) is 0. The number of ether oxygens (including phenoxy) is 2. The summed E-state index contributed by atoms with van der Waals surface area (Å²) in [5, 5.41) is 0. The lowest BCUT2D eigenvalue weighted by atomic mass is 10.0. The molecule has 0 aromatic carbocycles. The summed E-state index contributed by atoms with van der Waals surface area (Å²) in [5.41, 5.74) is 0. The van der Waals surface area contributed by atoms with Crippen molar-refractivity contribution >= 4 is 41.0 Å². The monoisotopic (exact) mass is 304 g/mol.